The maximum absolute atomic E-state index is 12.0. The Balaban J connectivity index is 1.90. The average Bonchev–Trinajstić information content (AvgIpc) is 2.59. The van der Waals surface area contributed by atoms with Gasteiger partial charge in [-0.2, -0.15) is 5.26 Å². The first-order chi connectivity index (χ1) is 10.7. The standard InChI is InChI=1S/C15H17N5O2/c16-8-14(11-19-4-6-20(12-21)7-5-19)15(22)18-10-13-2-1-3-17-9-13/h1-3,9,11-12H,4-7,10H2,(H,18,22)/b14-11-. The van der Waals surface area contributed by atoms with E-state index in [1.165, 1.54) is 0 Å². The number of hydrogen-bond acceptors (Lipinski definition) is 5. The molecule has 0 unspecified atom stereocenters. The van der Waals surface area contributed by atoms with Gasteiger partial charge in [0.25, 0.3) is 5.91 Å². The summed E-state index contributed by atoms with van der Waals surface area (Å²) in [6.45, 7) is 2.73. The van der Waals surface area contributed by atoms with Crippen LogP contribution in [0.25, 0.3) is 0 Å². The fraction of sp³-hybridized carbons (Fsp3) is 0.333. The molecule has 0 bridgehead atoms. The van der Waals surface area contributed by atoms with Crippen LogP contribution in [0.2, 0.25) is 0 Å². The minimum Gasteiger partial charge on any atom is -0.373 e. The molecule has 0 saturated carbocycles. The summed E-state index contributed by atoms with van der Waals surface area (Å²) in [7, 11) is 0. The lowest BCUT2D eigenvalue weighted by molar-refractivity contribution is -0.119. The van der Waals surface area contributed by atoms with Crippen molar-refractivity contribution in [2.75, 3.05) is 26.2 Å². The molecule has 0 aliphatic carbocycles. The van der Waals surface area contributed by atoms with Crippen molar-refractivity contribution in [1.29, 1.82) is 5.26 Å². The van der Waals surface area contributed by atoms with E-state index in [2.05, 4.69) is 10.3 Å². The lowest BCUT2D eigenvalue weighted by Gasteiger charge is -2.31. The lowest BCUT2D eigenvalue weighted by atomic mass is 10.2. The molecule has 22 heavy (non-hydrogen) atoms. The largest absolute Gasteiger partial charge is 0.373 e. The summed E-state index contributed by atoms with van der Waals surface area (Å²) < 4.78 is 0. The molecular formula is C15H17N5O2. The predicted octanol–water partition coefficient (Wildman–Crippen LogP) is -0.121. The molecule has 0 atom stereocenters. The Labute approximate surface area is 128 Å². The van der Waals surface area contributed by atoms with E-state index in [1.54, 1.807) is 29.6 Å². The highest BCUT2D eigenvalue weighted by Crippen LogP contribution is 2.04. The van der Waals surface area contributed by atoms with E-state index in [4.69, 9.17) is 5.26 Å². The number of carbonyl (C=O) groups excluding carboxylic acids is 2. The van der Waals surface area contributed by atoms with Gasteiger partial charge in [-0.3, -0.25) is 14.6 Å². The van der Waals surface area contributed by atoms with Crippen LogP contribution in [0.15, 0.2) is 36.3 Å². The summed E-state index contributed by atoms with van der Waals surface area (Å²) in [6.07, 6.45) is 5.69. The van der Waals surface area contributed by atoms with Gasteiger partial charge in [-0.15, -0.1) is 0 Å². The smallest absolute Gasteiger partial charge is 0.263 e. The molecule has 2 rings (SSSR count). The first-order valence-corrected chi connectivity index (χ1v) is 6.95. The molecular weight excluding hydrogens is 282 g/mol. The number of aromatic nitrogens is 1. The molecule has 2 heterocycles. The van der Waals surface area contributed by atoms with Gasteiger partial charge in [0, 0.05) is 51.3 Å². The monoisotopic (exact) mass is 299 g/mol. The first kappa shape index (κ1) is 15.5. The number of nitrogens with one attached hydrogen (secondary N) is 1. The number of hydrogen-bond donors (Lipinski definition) is 1. The maximum Gasteiger partial charge on any atom is 0.263 e. The van der Waals surface area contributed by atoms with Crippen LogP contribution in [0, 0.1) is 11.3 Å². The Hall–Kier alpha value is -2.88. The Morgan fingerprint density at radius 2 is 2.09 bits per heavy atom. The molecule has 1 aromatic heterocycles. The number of piperazine rings is 1. The highest BCUT2D eigenvalue weighted by atomic mass is 16.1. The third-order valence-corrected chi connectivity index (χ3v) is 3.35. The third kappa shape index (κ3) is 4.31. The summed E-state index contributed by atoms with van der Waals surface area (Å²) in [5.74, 6) is -0.413. The normalized spacial score (nSPS) is 15.1. The topological polar surface area (TPSA) is 89.3 Å². The van der Waals surface area contributed by atoms with Crippen LogP contribution in [-0.2, 0) is 16.1 Å². The molecule has 1 aliphatic rings. The Bertz CT molecular complexity index is 586. The van der Waals surface area contributed by atoms with Gasteiger partial charge in [-0.1, -0.05) is 6.07 Å². The zero-order valence-electron chi connectivity index (χ0n) is 12.1. The van der Waals surface area contributed by atoms with E-state index < -0.39 is 5.91 Å². The molecule has 0 aromatic carbocycles. The predicted molar refractivity (Wildman–Crippen MR) is 79.0 cm³/mol. The number of nitrogens with zero attached hydrogens (tertiary/aromatic N) is 4. The molecule has 1 aromatic rings. The summed E-state index contributed by atoms with van der Waals surface area (Å²) in [5.41, 5.74) is 0.927. The molecule has 0 radical (unpaired) electrons. The summed E-state index contributed by atoms with van der Waals surface area (Å²) >= 11 is 0. The molecule has 1 N–H and O–H groups in total. The van der Waals surface area contributed by atoms with Gasteiger partial charge in [0.05, 0.1) is 0 Å². The quantitative estimate of drug-likeness (QED) is 0.465. The molecule has 0 spiro atoms. The van der Waals surface area contributed by atoms with Gasteiger partial charge >= 0.3 is 0 Å². The molecule has 114 valence electrons. The van der Waals surface area contributed by atoms with Crippen LogP contribution in [0.4, 0.5) is 0 Å². The van der Waals surface area contributed by atoms with Crippen molar-refractivity contribution in [2.45, 2.75) is 6.54 Å². The fourth-order valence-corrected chi connectivity index (χ4v) is 2.07. The van der Waals surface area contributed by atoms with E-state index in [1.807, 2.05) is 17.0 Å². The van der Waals surface area contributed by atoms with Gasteiger partial charge in [-0.25, -0.2) is 0 Å². The van der Waals surface area contributed by atoms with Gasteiger partial charge in [0.1, 0.15) is 11.6 Å². The van der Waals surface area contributed by atoms with Crippen molar-refractivity contribution in [3.63, 3.8) is 0 Å². The second-order valence-corrected chi connectivity index (χ2v) is 4.88. The molecule has 7 nitrogen and oxygen atoms in total. The molecule has 1 aliphatic heterocycles. The summed E-state index contributed by atoms with van der Waals surface area (Å²) in [5, 5.41) is 11.8. The fourth-order valence-electron chi connectivity index (χ4n) is 2.07. The number of pyridine rings is 1. The number of amides is 2. The van der Waals surface area contributed by atoms with Gasteiger partial charge in [0.15, 0.2) is 0 Å². The van der Waals surface area contributed by atoms with E-state index in [9.17, 15) is 9.59 Å². The van der Waals surface area contributed by atoms with Crippen molar-refractivity contribution in [3.05, 3.63) is 41.9 Å². The highest BCUT2D eigenvalue weighted by molar-refractivity contribution is 5.97. The van der Waals surface area contributed by atoms with E-state index in [0.717, 1.165) is 12.0 Å². The lowest BCUT2D eigenvalue weighted by Crippen LogP contribution is -2.43. The Morgan fingerprint density at radius 1 is 1.36 bits per heavy atom. The third-order valence-electron chi connectivity index (χ3n) is 3.35. The second-order valence-electron chi connectivity index (χ2n) is 4.88. The van der Waals surface area contributed by atoms with Crippen LogP contribution in [-0.4, -0.2) is 53.3 Å². The minimum atomic E-state index is -0.413. The molecule has 2 amide bonds. The molecule has 1 fully saturated rings. The minimum absolute atomic E-state index is 0.0587. The van der Waals surface area contributed by atoms with Crippen LogP contribution < -0.4 is 5.32 Å². The number of nitriles is 1. The van der Waals surface area contributed by atoms with Crippen molar-refractivity contribution in [2.24, 2.45) is 0 Å². The SMILES string of the molecule is N#C/C(=C/N1CCN(C=O)CC1)C(=O)NCc1cccnc1. The Morgan fingerprint density at radius 3 is 2.68 bits per heavy atom. The number of carbonyl (C=O) groups is 2. The summed E-state index contributed by atoms with van der Waals surface area (Å²) in [4.78, 5) is 30.2. The van der Waals surface area contributed by atoms with Gasteiger partial charge in [-0.05, 0) is 11.6 Å². The van der Waals surface area contributed by atoms with Crippen LogP contribution in [0.1, 0.15) is 5.56 Å². The zero-order valence-corrected chi connectivity index (χ0v) is 12.1. The van der Waals surface area contributed by atoms with Gasteiger partial charge < -0.3 is 15.1 Å². The van der Waals surface area contributed by atoms with Crippen molar-refractivity contribution < 1.29 is 9.59 Å². The second kappa shape index (κ2) is 7.78. The molecule has 7 heteroatoms. The average molecular weight is 299 g/mol. The van der Waals surface area contributed by atoms with E-state index in [-0.39, 0.29) is 5.57 Å². The van der Waals surface area contributed by atoms with Crippen molar-refractivity contribution in [1.82, 2.24) is 20.1 Å². The van der Waals surface area contributed by atoms with Crippen LogP contribution in [0.3, 0.4) is 0 Å². The van der Waals surface area contributed by atoms with Gasteiger partial charge in [0.2, 0.25) is 6.41 Å². The van der Waals surface area contributed by atoms with E-state index >= 15 is 0 Å². The maximum atomic E-state index is 12.0. The van der Waals surface area contributed by atoms with E-state index in [0.29, 0.717) is 32.7 Å². The zero-order chi connectivity index (χ0) is 15.8. The van der Waals surface area contributed by atoms with Crippen molar-refractivity contribution in [3.8, 4) is 6.07 Å². The molecule has 1 saturated heterocycles. The van der Waals surface area contributed by atoms with Crippen molar-refractivity contribution >= 4 is 12.3 Å². The van der Waals surface area contributed by atoms with Crippen LogP contribution in [0.5, 0.6) is 0 Å². The summed E-state index contributed by atoms with van der Waals surface area (Å²) in [6, 6.07) is 5.55. The highest BCUT2D eigenvalue weighted by Gasteiger charge is 2.16. The number of rotatable bonds is 5. The first-order valence-electron chi connectivity index (χ1n) is 6.95. The van der Waals surface area contributed by atoms with Crippen LogP contribution >= 0.6 is 0 Å². The Kier molecular flexibility index (Phi) is 5.49.